The molecule has 0 spiro atoms. The highest BCUT2D eigenvalue weighted by Crippen LogP contribution is 2.25. The summed E-state index contributed by atoms with van der Waals surface area (Å²) in [5.41, 5.74) is 2.29. The summed E-state index contributed by atoms with van der Waals surface area (Å²) in [6.07, 6.45) is 5.69. The predicted octanol–water partition coefficient (Wildman–Crippen LogP) is 3.34. The van der Waals surface area contributed by atoms with E-state index in [-0.39, 0.29) is 6.04 Å². The summed E-state index contributed by atoms with van der Waals surface area (Å²) in [5.74, 6) is 0. The molecule has 1 atom stereocenters. The van der Waals surface area contributed by atoms with Crippen LogP contribution in [0.2, 0.25) is 0 Å². The maximum absolute atomic E-state index is 4.44. The first-order valence-electron chi connectivity index (χ1n) is 7.10. The van der Waals surface area contributed by atoms with E-state index in [0.717, 1.165) is 36.1 Å². The summed E-state index contributed by atoms with van der Waals surface area (Å²) in [5, 5.41) is 8.02. The molecule has 0 amide bonds. The molecule has 20 heavy (non-hydrogen) atoms. The first kappa shape index (κ1) is 15.2. The van der Waals surface area contributed by atoms with Crippen LogP contribution in [0.5, 0.6) is 0 Å². The van der Waals surface area contributed by atoms with Gasteiger partial charge in [-0.05, 0) is 48.0 Å². The lowest BCUT2D eigenvalue weighted by molar-refractivity contribution is 0.474. The molecule has 0 saturated carbocycles. The fourth-order valence-corrected chi connectivity index (χ4v) is 2.86. The molecule has 108 valence electrons. The van der Waals surface area contributed by atoms with Crippen LogP contribution in [-0.2, 0) is 13.0 Å². The Morgan fingerprint density at radius 2 is 2.20 bits per heavy atom. The fourth-order valence-electron chi connectivity index (χ4n) is 2.28. The maximum Gasteiger partial charge on any atom is 0.0699 e. The van der Waals surface area contributed by atoms with Crippen molar-refractivity contribution in [3.8, 4) is 0 Å². The van der Waals surface area contributed by atoms with E-state index in [0.29, 0.717) is 0 Å². The Hall–Kier alpha value is -1.20. The van der Waals surface area contributed by atoms with Crippen molar-refractivity contribution in [3.05, 3.63) is 46.5 Å². The van der Waals surface area contributed by atoms with Gasteiger partial charge in [-0.1, -0.05) is 13.0 Å². The van der Waals surface area contributed by atoms with Gasteiger partial charge in [0.1, 0.15) is 0 Å². The van der Waals surface area contributed by atoms with Gasteiger partial charge in [-0.2, -0.15) is 5.10 Å². The lowest BCUT2D eigenvalue weighted by atomic mass is 10.1. The number of aryl methyl sites for hydroxylation is 1. The molecule has 0 aliphatic heterocycles. The highest BCUT2D eigenvalue weighted by atomic mass is 79.9. The average molecular weight is 337 g/mol. The molecule has 0 radical (unpaired) electrons. The van der Waals surface area contributed by atoms with Crippen LogP contribution in [0.4, 0.5) is 0 Å². The quantitative estimate of drug-likeness (QED) is 0.843. The molecular formula is C15H21BrN4. The highest BCUT2D eigenvalue weighted by molar-refractivity contribution is 9.10. The molecule has 0 aliphatic carbocycles. The molecule has 1 unspecified atom stereocenters. The number of aromatic nitrogens is 3. The van der Waals surface area contributed by atoms with Crippen LogP contribution in [0.25, 0.3) is 0 Å². The van der Waals surface area contributed by atoms with E-state index in [4.69, 9.17) is 0 Å². The zero-order chi connectivity index (χ0) is 14.4. The van der Waals surface area contributed by atoms with Gasteiger partial charge in [-0.25, -0.2) is 0 Å². The van der Waals surface area contributed by atoms with Crippen molar-refractivity contribution in [2.75, 3.05) is 6.54 Å². The molecule has 0 fully saturated rings. The first-order chi connectivity index (χ1) is 9.76. The van der Waals surface area contributed by atoms with Gasteiger partial charge in [-0.3, -0.25) is 9.67 Å². The predicted molar refractivity (Wildman–Crippen MR) is 84.6 cm³/mol. The SMILES string of the molecule is CCCNC(Cc1ccccn1)c1c(Br)cnn1CC. The van der Waals surface area contributed by atoms with Crippen LogP contribution in [0.3, 0.4) is 0 Å². The molecule has 0 aromatic carbocycles. The number of pyridine rings is 1. The van der Waals surface area contributed by atoms with Gasteiger partial charge in [0.25, 0.3) is 0 Å². The Kier molecular flexibility index (Phi) is 5.73. The third kappa shape index (κ3) is 3.67. The Labute approximate surface area is 128 Å². The highest BCUT2D eigenvalue weighted by Gasteiger charge is 2.20. The van der Waals surface area contributed by atoms with Crippen molar-refractivity contribution in [1.82, 2.24) is 20.1 Å². The largest absolute Gasteiger partial charge is 0.308 e. The van der Waals surface area contributed by atoms with Crippen molar-refractivity contribution in [2.45, 2.75) is 39.3 Å². The van der Waals surface area contributed by atoms with Crippen molar-refractivity contribution in [2.24, 2.45) is 0 Å². The third-order valence-corrected chi connectivity index (χ3v) is 3.85. The Bertz CT molecular complexity index is 524. The number of halogens is 1. The maximum atomic E-state index is 4.44. The van der Waals surface area contributed by atoms with Gasteiger partial charge in [-0.15, -0.1) is 0 Å². The van der Waals surface area contributed by atoms with Gasteiger partial charge in [0, 0.05) is 24.9 Å². The number of rotatable bonds is 7. The standard InChI is InChI=1S/C15H21BrN4/c1-3-8-18-14(10-12-7-5-6-9-17-12)15-13(16)11-19-20(15)4-2/h5-7,9,11,14,18H,3-4,8,10H2,1-2H3. The molecule has 2 rings (SSSR count). The topological polar surface area (TPSA) is 42.7 Å². The van der Waals surface area contributed by atoms with Crippen LogP contribution in [0, 0.1) is 0 Å². The molecule has 0 aliphatic rings. The first-order valence-corrected chi connectivity index (χ1v) is 7.90. The van der Waals surface area contributed by atoms with Crippen LogP contribution < -0.4 is 5.32 Å². The third-order valence-electron chi connectivity index (χ3n) is 3.24. The number of nitrogens with zero attached hydrogens (tertiary/aromatic N) is 3. The van der Waals surface area contributed by atoms with Crippen LogP contribution in [-0.4, -0.2) is 21.3 Å². The van der Waals surface area contributed by atoms with Gasteiger partial charge in [0.2, 0.25) is 0 Å². The minimum Gasteiger partial charge on any atom is -0.308 e. The smallest absolute Gasteiger partial charge is 0.0699 e. The Balaban J connectivity index is 2.24. The Morgan fingerprint density at radius 3 is 2.85 bits per heavy atom. The zero-order valence-electron chi connectivity index (χ0n) is 12.0. The average Bonchev–Trinajstić information content (AvgIpc) is 2.85. The minimum absolute atomic E-state index is 0.224. The molecular weight excluding hydrogens is 316 g/mol. The second-order valence-corrected chi connectivity index (χ2v) is 5.58. The molecule has 2 aromatic rings. The van der Waals surface area contributed by atoms with E-state index in [1.807, 2.05) is 29.2 Å². The van der Waals surface area contributed by atoms with Crippen LogP contribution in [0.15, 0.2) is 35.1 Å². The summed E-state index contributed by atoms with van der Waals surface area (Å²) >= 11 is 3.62. The number of nitrogens with one attached hydrogen (secondary N) is 1. The van der Waals surface area contributed by atoms with Crippen LogP contribution >= 0.6 is 15.9 Å². The van der Waals surface area contributed by atoms with E-state index in [1.165, 1.54) is 5.69 Å². The summed E-state index contributed by atoms with van der Waals surface area (Å²) in [6, 6.07) is 6.28. The van der Waals surface area contributed by atoms with Gasteiger partial charge < -0.3 is 5.32 Å². The van der Waals surface area contributed by atoms with Gasteiger partial charge in [0.15, 0.2) is 0 Å². The lowest BCUT2D eigenvalue weighted by Gasteiger charge is -2.20. The summed E-state index contributed by atoms with van der Waals surface area (Å²) in [6.45, 7) is 6.14. The van der Waals surface area contributed by atoms with E-state index >= 15 is 0 Å². The fraction of sp³-hybridized carbons (Fsp3) is 0.467. The Morgan fingerprint density at radius 1 is 1.35 bits per heavy atom. The van der Waals surface area contributed by atoms with Crippen molar-refractivity contribution in [3.63, 3.8) is 0 Å². The van der Waals surface area contributed by atoms with E-state index in [9.17, 15) is 0 Å². The lowest BCUT2D eigenvalue weighted by Crippen LogP contribution is -2.27. The monoisotopic (exact) mass is 336 g/mol. The molecule has 0 saturated heterocycles. The molecule has 5 heteroatoms. The molecule has 4 nitrogen and oxygen atoms in total. The van der Waals surface area contributed by atoms with Crippen molar-refractivity contribution >= 4 is 15.9 Å². The minimum atomic E-state index is 0.224. The van der Waals surface area contributed by atoms with Gasteiger partial charge in [0.05, 0.1) is 22.4 Å². The molecule has 1 N–H and O–H groups in total. The van der Waals surface area contributed by atoms with E-state index < -0.39 is 0 Å². The summed E-state index contributed by atoms with van der Waals surface area (Å²) in [7, 11) is 0. The van der Waals surface area contributed by atoms with E-state index in [1.54, 1.807) is 0 Å². The molecule has 2 heterocycles. The summed E-state index contributed by atoms with van der Waals surface area (Å²) in [4.78, 5) is 4.44. The normalized spacial score (nSPS) is 12.6. The second kappa shape index (κ2) is 7.55. The van der Waals surface area contributed by atoms with E-state index in [2.05, 4.69) is 51.2 Å². The molecule has 0 bridgehead atoms. The molecule has 2 aromatic heterocycles. The second-order valence-electron chi connectivity index (χ2n) is 4.73. The van der Waals surface area contributed by atoms with Crippen LogP contribution in [0.1, 0.15) is 37.7 Å². The number of hydrogen-bond acceptors (Lipinski definition) is 3. The van der Waals surface area contributed by atoms with Crippen molar-refractivity contribution < 1.29 is 0 Å². The number of hydrogen-bond donors (Lipinski definition) is 1. The van der Waals surface area contributed by atoms with Crippen molar-refractivity contribution in [1.29, 1.82) is 0 Å². The summed E-state index contributed by atoms with van der Waals surface area (Å²) < 4.78 is 3.10. The zero-order valence-corrected chi connectivity index (χ0v) is 13.6. The van der Waals surface area contributed by atoms with Gasteiger partial charge >= 0.3 is 0 Å².